The summed E-state index contributed by atoms with van der Waals surface area (Å²) in [6.07, 6.45) is 4.79. The fourth-order valence-electron chi connectivity index (χ4n) is 2.99. The molecule has 0 saturated heterocycles. The number of anilines is 1. The molecule has 20 heavy (non-hydrogen) atoms. The zero-order valence-electron chi connectivity index (χ0n) is 13.0. The molecule has 0 unspecified atom stereocenters. The first-order chi connectivity index (χ1) is 9.35. The summed E-state index contributed by atoms with van der Waals surface area (Å²) >= 11 is 0. The summed E-state index contributed by atoms with van der Waals surface area (Å²) in [6.45, 7) is 8.07. The van der Waals surface area contributed by atoms with Gasteiger partial charge in [-0.25, -0.2) is 0 Å². The molecule has 0 radical (unpaired) electrons. The lowest BCUT2D eigenvalue weighted by Gasteiger charge is -2.31. The molecule has 1 aromatic heterocycles. The number of aromatic nitrogens is 2. The van der Waals surface area contributed by atoms with Gasteiger partial charge in [0.15, 0.2) is 0 Å². The van der Waals surface area contributed by atoms with Gasteiger partial charge in [0.1, 0.15) is 0 Å². The SMILES string of the molecule is Cc1nn(C(C)C)c(C)c1NC(=O)C1(N)CCCCC1. The van der Waals surface area contributed by atoms with Gasteiger partial charge in [-0.2, -0.15) is 5.10 Å². The lowest BCUT2D eigenvalue weighted by molar-refractivity contribution is -0.122. The van der Waals surface area contributed by atoms with E-state index in [1.165, 1.54) is 6.42 Å². The van der Waals surface area contributed by atoms with Crippen molar-refractivity contribution >= 4 is 11.6 Å². The Morgan fingerprint density at radius 1 is 1.30 bits per heavy atom. The summed E-state index contributed by atoms with van der Waals surface area (Å²) in [7, 11) is 0. The summed E-state index contributed by atoms with van der Waals surface area (Å²) < 4.78 is 1.94. The first-order valence-corrected chi connectivity index (χ1v) is 7.51. The number of hydrogen-bond acceptors (Lipinski definition) is 3. The molecule has 1 aromatic rings. The summed E-state index contributed by atoms with van der Waals surface area (Å²) in [4.78, 5) is 12.5. The molecule has 112 valence electrons. The number of nitrogens with zero attached hydrogens (tertiary/aromatic N) is 2. The van der Waals surface area contributed by atoms with E-state index < -0.39 is 5.54 Å². The van der Waals surface area contributed by atoms with Crippen LogP contribution >= 0.6 is 0 Å². The molecular weight excluding hydrogens is 252 g/mol. The maximum atomic E-state index is 12.5. The van der Waals surface area contributed by atoms with Crippen LogP contribution in [0.25, 0.3) is 0 Å². The number of carbonyl (C=O) groups is 1. The van der Waals surface area contributed by atoms with Crippen molar-refractivity contribution in [2.45, 2.75) is 71.4 Å². The van der Waals surface area contributed by atoms with Gasteiger partial charge >= 0.3 is 0 Å². The summed E-state index contributed by atoms with van der Waals surface area (Å²) in [5.41, 5.74) is 8.23. The molecule has 0 spiro atoms. The Kier molecular flexibility index (Phi) is 4.18. The van der Waals surface area contributed by atoms with Crippen molar-refractivity contribution in [3.8, 4) is 0 Å². The molecule has 0 bridgehead atoms. The number of carbonyl (C=O) groups excluding carboxylic acids is 1. The van der Waals surface area contributed by atoms with E-state index in [0.717, 1.165) is 42.8 Å². The Labute approximate surface area is 120 Å². The van der Waals surface area contributed by atoms with Crippen LogP contribution in [0.5, 0.6) is 0 Å². The third-order valence-corrected chi connectivity index (χ3v) is 4.25. The van der Waals surface area contributed by atoms with Crippen molar-refractivity contribution in [1.82, 2.24) is 9.78 Å². The smallest absolute Gasteiger partial charge is 0.244 e. The summed E-state index contributed by atoms with van der Waals surface area (Å²) in [6, 6.07) is 0.279. The fraction of sp³-hybridized carbons (Fsp3) is 0.733. The predicted molar refractivity (Wildman–Crippen MR) is 80.7 cm³/mol. The second kappa shape index (κ2) is 5.56. The highest BCUT2D eigenvalue weighted by Crippen LogP contribution is 2.29. The first-order valence-electron chi connectivity index (χ1n) is 7.51. The maximum absolute atomic E-state index is 12.5. The van der Waals surface area contributed by atoms with Gasteiger partial charge in [0.05, 0.1) is 22.6 Å². The molecule has 0 aliphatic heterocycles. The van der Waals surface area contributed by atoms with Gasteiger partial charge in [0.2, 0.25) is 5.91 Å². The zero-order chi connectivity index (χ0) is 14.9. The van der Waals surface area contributed by atoms with Crippen molar-refractivity contribution < 1.29 is 4.79 Å². The average molecular weight is 278 g/mol. The molecule has 1 fully saturated rings. The van der Waals surface area contributed by atoms with E-state index in [2.05, 4.69) is 24.3 Å². The molecule has 5 nitrogen and oxygen atoms in total. The van der Waals surface area contributed by atoms with Gasteiger partial charge in [-0.05, 0) is 40.5 Å². The van der Waals surface area contributed by atoms with Crippen LogP contribution in [0.1, 0.15) is 63.4 Å². The van der Waals surface area contributed by atoms with E-state index in [-0.39, 0.29) is 11.9 Å². The van der Waals surface area contributed by atoms with Crippen molar-refractivity contribution in [2.75, 3.05) is 5.32 Å². The van der Waals surface area contributed by atoms with Gasteiger partial charge in [0, 0.05) is 6.04 Å². The van der Waals surface area contributed by atoms with Crippen LogP contribution in [0, 0.1) is 13.8 Å². The van der Waals surface area contributed by atoms with E-state index in [4.69, 9.17) is 5.73 Å². The van der Waals surface area contributed by atoms with Crippen molar-refractivity contribution in [1.29, 1.82) is 0 Å². The average Bonchev–Trinajstić information content (AvgIpc) is 2.67. The first kappa shape index (κ1) is 15.0. The van der Waals surface area contributed by atoms with Crippen LogP contribution < -0.4 is 11.1 Å². The van der Waals surface area contributed by atoms with Crippen LogP contribution in [-0.2, 0) is 4.79 Å². The number of nitrogens with one attached hydrogen (secondary N) is 1. The van der Waals surface area contributed by atoms with Crippen molar-refractivity contribution in [2.24, 2.45) is 5.73 Å². The number of rotatable bonds is 3. The van der Waals surface area contributed by atoms with Crippen LogP contribution in [0.15, 0.2) is 0 Å². The van der Waals surface area contributed by atoms with Crippen LogP contribution in [0.3, 0.4) is 0 Å². The monoisotopic (exact) mass is 278 g/mol. The second-order valence-corrected chi connectivity index (χ2v) is 6.26. The third-order valence-electron chi connectivity index (χ3n) is 4.25. The summed E-state index contributed by atoms with van der Waals surface area (Å²) in [5, 5.41) is 7.51. The molecule has 1 heterocycles. The third kappa shape index (κ3) is 2.73. The quantitative estimate of drug-likeness (QED) is 0.892. The van der Waals surface area contributed by atoms with E-state index in [9.17, 15) is 4.79 Å². The molecule has 2 rings (SSSR count). The molecular formula is C15H26N4O. The molecule has 3 N–H and O–H groups in total. The zero-order valence-corrected chi connectivity index (χ0v) is 13.0. The Morgan fingerprint density at radius 2 is 1.90 bits per heavy atom. The van der Waals surface area contributed by atoms with E-state index in [0.29, 0.717) is 0 Å². The van der Waals surface area contributed by atoms with E-state index in [1.54, 1.807) is 0 Å². The second-order valence-electron chi connectivity index (χ2n) is 6.26. The molecule has 1 saturated carbocycles. The van der Waals surface area contributed by atoms with Gasteiger partial charge in [0.25, 0.3) is 0 Å². The minimum absolute atomic E-state index is 0.0632. The highest BCUT2D eigenvalue weighted by atomic mass is 16.2. The number of hydrogen-bond donors (Lipinski definition) is 2. The Balaban J connectivity index is 2.19. The Bertz CT molecular complexity index is 498. The molecule has 5 heteroatoms. The van der Waals surface area contributed by atoms with Crippen LogP contribution in [0.4, 0.5) is 5.69 Å². The Morgan fingerprint density at radius 3 is 2.40 bits per heavy atom. The van der Waals surface area contributed by atoms with Crippen molar-refractivity contribution in [3.05, 3.63) is 11.4 Å². The minimum Gasteiger partial charge on any atom is -0.321 e. The molecule has 0 aromatic carbocycles. The van der Waals surface area contributed by atoms with Crippen molar-refractivity contribution in [3.63, 3.8) is 0 Å². The molecule has 1 aliphatic rings. The summed E-state index contributed by atoms with van der Waals surface area (Å²) in [5.74, 6) is -0.0632. The van der Waals surface area contributed by atoms with Crippen LogP contribution in [-0.4, -0.2) is 21.2 Å². The predicted octanol–water partition coefficient (Wildman–Crippen LogP) is 2.68. The van der Waals surface area contributed by atoms with Crippen LogP contribution in [0.2, 0.25) is 0 Å². The van der Waals surface area contributed by atoms with Gasteiger partial charge in [-0.15, -0.1) is 0 Å². The van der Waals surface area contributed by atoms with Gasteiger partial charge in [-0.1, -0.05) is 19.3 Å². The highest BCUT2D eigenvalue weighted by molar-refractivity contribution is 5.98. The minimum atomic E-state index is -0.711. The number of nitrogens with two attached hydrogens (primary N) is 1. The fourth-order valence-corrected chi connectivity index (χ4v) is 2.99. The molecule has 0 atom stereocenters. The standard InChI is InChI=1S/C15H26N4O/c1-10(2)19-12(4)13(11(3)18-19)17-14(20)15(16)8-6-5-7-9-15/h10H,5-9,16H2,1-4H3,(H,17,20). The lowest BCUT2D eigenvalue weighted by Crippen LogP contribution is -2.52. The van der Waals surface area contributed by atoms with Gasteiger partial charge < -0.3 is 11.1 Å². The molecule has 1 aliphatic carbocycles. The lowest BCUT2D eigenvalue weighted by atomic mass is 9.82. The highest BCUT2D eigenvalue weighted by Gasteiger charge is 2.36. The Hall–Kier alpha value is -1.36. The van der Waals surface area contributed by atoms with E-state index in [1.807, 2.05) is 18.5 Å². The number of amides is 1. The molecule has 1 amide bonds. The van der Waals surface area contributed by atoms with E-state index >= 15 is 0 Å². The maximum Gasteiger partial charge on any atom is 0.244 e. The largest absolute Gasteiger partial charge is 0.321 e. The topological polar surface area (TPSA) is 72.9 Å². The normalized spacial score (nSPS) is 18.3. The number of aryl methyl sites for hydroxylation is 1. The van der Waals surface area contributed by atoms with Gasteiger partial charge in [-0.3, -0.25) is 9.48 Å².